The van der Waals surface area contributed by atoms with E-state index in [4.69, 9.17) is 0 Å². The molecule has 140 valence electrons. The molecule has 1 aliphatic carbocycles. The molecular weight excluding hydrogens is 364 g/mol. The van der Waals surface area contributed by atoms with Crippen LogP contribution >= 0.6 is 11.8 Å². The summed E-state index contributed by atoms with van der Waals surface area (Å²) in [4.78, 5) is 28.8. The van der Waals surface area contributed by atoms with Crippen molar-refractivity contribution in [2.75, 3.05) is 18.2 Å². The molecule has 0 unspecified atom stereocenters. The van der Waals surface area contributed by atoms with Crippen molar-refractivity contribution >= 4 is 29.5 Å². The van der Waals surface area contributed by atoms with E-state index in [1.54, 1.807) is 4.68 Å². The van der Waals surface area contributed by atoms with Crippen LogP contribution in [0.4, 0.5) is 5.95 Å². The van der Waals surface area contributed by atoms with E-state index in [1.807, 2.05) is 30.3 Å². The Hall–Kier alpha value is -2.61. The average Bonchev–Trinajstić information content (AvgIpc) is 3.07. The van der Waals surface area contributed by atoms with Gasteiger partial charge in [0, 0.05) is 17.7 Å². The van der Waals surface area contributed by atoms with Gasteiger partial charge in [-0.3, -0.25) is 9.59 Å². The van der Waals surface area contributed by atoms with Crippen LogP contribution in [0, 0.1) is 5.92 Å². The second-order valence-electron chi connectivity index (χ2n) is 6.79. The van der Waals surface area contributed by atoms with Gasteiger partial charge in [-0.2, -0.15) is 4.98 Å². The number of carbonyl (C=O) groups is 2. The number of anilines is 1. The van der Waals surface area contributed by atoms with E-state index < -0.39 is 0 Å². The van der Waals surface area contributed by atoms with E-state index in [-0.39, 0.29) is 23.5 Å². The minimum Gasteiger partial charge on any atom is -0.468 e. The van der Waals surface area contributed by atoms with Gasteiger partial charge in [0.25, 0.3) is 0 Å². The third-order valence-electron chi connectivity index (χ3n) is 4.77. The molecule has 0 saturated carbocycles. The number of allylic oxidation sites excluding steroid dienone is 2. The number of thioether (sulfide) groups is 1. The molecule has 7 nitrogen and oxygen atoms in total. The Kier molecular flexibility index (Phi) is 4.73. The van der Waals surface area contributed by atoms with Gasteiger partial charge in [-0.1, -0.05) is 49.0 Å². The minimum atomic E-state index is -0.332. The molecule has 2 aliphatic rings. The van der Waals surface area contributed by atoms with E-state index >= 15 is 0 Å². The second-order valence-corrected chi connectivity index (χ2v) is 7.74. The molecule has 27 heavy (non-hydrogen) atoms. The van der Waals surface area contributed by atoms with Gasteiger partial charge in [-0.05, 0) is 17.9 Å². The van der Waals surface area contributed by atoms with Gasteiger partial charge >= 0.3 is 5.97 Å². The van der Waals surface area contributed by atoms with Crippen molar-refractivity contribution in [2.24, 2.45) is 5.92 Å². The van der Waals surface area contributed by atoms with Crippen molar-refractivity contribution in [3.05, 3.63) is 47.2 Å². The summed E-state index contributed by atoms with van der Waals surface area (Å²) >= 11 is 1.22. The van der Waals surface area contributed by atoms with E-state index in [0.29, 0.717) is 23.4 Å². The number of esters is 1. The maximum atomic E-state index is 12.9. The Labute approximate surface area is 161 Å². The first kappa shape index (κ1) is 17.8. The summed E-state index contributed by atoms with van der Waals surface area (Å²) < 4.78 is 6.43. The molecule has 4 rings (SSSR count). The largest absolute Gasteiger partial charge is 0.468 e. The first-order valence-corrected chi connectivity index (χ1v) is 9.79. The Bertz CT molecular complexity index is 922. The number of carbonyl (C=O) groups excluding carboxylic acids is 2. The SMILES string of the molecule is COC(=O)CSc1nc2n(n1)[C@H](c1ccccc1)C1=C(C[C@H](C)CC1=O)N2. The van der Waals surface area contributed by atoms with E-state index in [9.17, 15) is 9.59 Å². The number of ketones is 1. The van der Waals surface area contributed by atoms with Crippen molar-refractivity contribution in [1.82, 2.24) is 14.8 Å². The maximum absolute atomic E-state index is 12.9. The van der Waals surface area contributed by atoms with Crippen LogP contribution in [-0.2, 0) is 14.3 Å². The topological polar surface area (TPSA) is 86.1 Å². The number of fused-ring (bicyclic) bond motifs is 1. The van der Waals surface area contributed by atoms with Crippen LogP contribution in [0.15, 0.2) is 46.8 Å². The normalized spacial score (nSPS) is 21.3. The van der Waals surface area contributed by atoms with Gasteiger partial charge < -0.3 is 10.1 Å². The van der Waals surface area contributed by atoms with Crippen LogP contribution in [0.1, 0.15) is 31.4 Å². The van der Waals surface area contributed by atoms with Crippen molar-refractivity contribution in [2.45, 2.75) is 31.0 Å². The molecule has 1 aliphatic heterocycles. The number of Topliss-reactive ketones (excluding diaryl/α,β-unsaturated/α-hetero) is 1. The first-order valence-electron chi connectivity index (χ1n) is 8.81. The predicted octanol–water partition coefficient (Wildman–Crippen LogP) is 2.81. The average molecular weight is 384 g/mol. The molecule has 1 N–H and O–H groups in total. The Morgan fingerprint density at radius 2 is 2.11 bits per heavy atom. The summed E-state index contributed by atoms with van der Waals surface area (Å²) in [5, 5.41) is 8.35. The van der Waals surface area contributed by atoms with Crippen molar-refractivity contribution in [1.29, 1.82) is 0 Å². The van der Waals surface area contributed by atoms with Gasteiger partial charge in [0.15, 0.2) is 5.78 Å². The van der Waals surface area contributed by atoms with E-state index in [1.165, 1.54) is 18.9 Å². The molecular formula is C19H20N4O3S. The van der Waals surface area contributed by atoms with E-state index in [2.05, 4.69) is 27.1 Å². The molecule has 1 aromatic heterocycles. The quantitative estimate of drug-likeness (QED) is 0.641. The molecule has 1 aromatic carbocycles. The van der Waals surface area contributed by atoms with Crippen LogP contribution in [-0.4, -0.2) is 39.4 Å². The molecule has 0 spiro atoms. The molecule has 0 radical (unpaired) electrons. The zero-order chi connectivity index (χ0) is 19.0. The van der Waals surface area contributed by atoms with Crippen LogP contribution in [0.5, 0.6) is 0 Å². The third-order valence-corrected chi connectivity index (χ3v) is 5.58. The Balaban J connectivity index is 1.75. The summed E-state index contributed by atoms with van der Waals surface area (Å²) in [6.45, 7) is 2.08. The summed E-state index contributed by atoms with van der Waals surface area (Å²) in [5.41, 5.74) is 2.68. The fourth-order valence-electron chi connectivity index (χ4n) is 3.57. The summed E-state index contributed by atoms with van der Waals surface area (Å²) in [6.07, 6.45) is 1.35. The number of methoxy groups -OCH3 is 1. The van der Waals surface area contributed by atoms with Crippen LogP contribution in [0.3, 0.4) is 0 Å². The predicted molar refractivity (Wildman–Crippen MR) is 101 cm³/mol. The maximum Gasteiger partial charge on any atom is 0.316 e. The van der Waals surface area contributed by atoms with Crippen LogP contribution < -0.4 is 5.32 Å². The molecule has 2 atom stereocenters. The number of aromatic nitrogens is 3. The number of nitrogens with zero attached hydrogens (tertiary/aromatic N) is 3. The van der Waals surface area contributed by atoms with Gasteiger partial charge in [0.05, 0.1) is 12.9 Å². The molecule has 0 saturated heterocycles. The highest BCUT2D eigenvalue weighted by Crippen LogP contribution is 2.41. The molecule has 2 aromatic rings. The number of nitrogens with one attached hydrogen (secondary N) is 1. The fourth-order valence-corrected chi connectivity index (χ4v) is 4.24. The lowest BCUT2D eigenvalue weighted by atomic mass is 9.81. The van der Waals surface area contributed by atoms with Crippen molar-refractivity contribution in [3.63, 3.8) is 0 Å². The number of ether oxygens (including phenoxy) is 1. The highest BCUT2D eigenvalue weighted by atomic mass is 32.2. The van der Waals surface area contributed by atoms with Crippen molar-refractivity contribution < 1.29 is 14.3 Å². The smallest absolute Gasteiger partial charge is 0.316 e. The fraction of sp³-hybridized carbons (Fsp3) is 0.368. The first-order chi connectivity index (χ1) is 13.1. The highest BCUT2D eigenvalue weighted by molar-refractivity contribution is 7.99. The zero-order valence-electron chi connectivity index (χ0n) is 15.1. The van der Waals surface area contributed by atoms with Crippen LogP contribution in [0.25, 0.3) is 0 Å². The molecule has 0 fully saturated rings. The monoisotopic (exact) mass is 384 g/mol. The molecule has 2 heterocycles. The third kappa shape index (κ3) is 3.37. The van der Waals surface area contributed by atoms with Gasteiger partial charge in [-0.25, -0.2) is 4.68 Å². The van der Waals surface area contributed by atoms with Gasteiger partial charge in [0.2, 0.25) is 11.1 Å². The number of benzene rings is 1. The number of hydrogen-bond acceptors (Lipinski definition) is 7. The molecule has 8 heteroatoms. The van der Waals surface area contributed by atoms with Crippen molar-refractivity contribution in [3.8, 4) is 0 Å². The lowest BCUT2D eigenvalue weighted by molar-refractivity contribution is -0.137. The lowest BCUT2D eigenvalue weighted by Gasteiger charge is -2.34. The lowest BCUT2D eigenvalue weighted by Crippen LogP contribution is -2.33. The highest BCUT2D eigenvalue weighted by Gasteiger charge is 2.38. The summed E-state index contributed by atoms with van der Waals surface area (Å²) in [7, 11) is 1.35. The number of rotatable bonds is 4. The number of hydrogen-bond donors (Lipinski definition) is 1. The summed E-state index contributed by atoms with van der Waals surface area (Å²) in [6, 6.07) is 9.55. The Morgan fingerprint density at radius 3 is 2.85 bits per heavy atom. The van der Waals surface area contributed by atoms with Gasteiger partial charge in [-0.15, -0.1) is 5.10 Å². The van der Waals surface area contributed by atoms with Gasteiger partial charge in [0.1, 0.15) is 6.04 Å². The zero-order valence-corrected chi connectivity index (χ0v) is 16.0. The second kappa shape index (κ2) is 7.19. The molecule has 0 bridgehead atoms. The summed E-state index contributed by atoms with van der Waals surface area (Å²) in [5.74, 6) is 0.843. The standard InChI is InChI=1S/C19H20N4O3S/c1-11-8-13-16(14(24)9-11)17(12-6-4-3-5-7-12)23-18(20-13)21-19(22-23)27-10-15(25)26-2/h3-7,11,17H,8-10H2,1-2H3,(H,20,21,22)/t11-,17+/m0/s1. The Morgan fingerprint density at radius 1 is 1.33 bits per heavy atom. The van der Waals surface area contributed by atoms with Crippen LogP contribution in [0.2, 0.25) is 0 Å². The minimum absolute atomic E-state index is 0.138. The van der Waals surface area contributed by atoms with E-state index in [0.717, 1.165) is 23.3 Å². The molecule has 0 amide bonds.